The Hall–Kier alpha value is -2.57. The molecule has 154 valence electrons. The summed E-state index contributed by atoms with van der Waals surface area (Å²) in [6.07, 6.45) is -0.0237. The summed E-state index contributed by atoms with van der Waals surface area (Å²) in [5.41, 5.74) is -1.19. The summed E-state index contributed by atoms with van der Waals surface area (Å²) in [5.74, 6) is 0.239. The van der Waals surface area contributed by atoms with Gasteiger partial charge in [0.2, 0.25) is 12.7 Å². The second kappa shape index (κ2) is 7.81. The molecule has 1 aromatic carbocycles. The Morgan fingerprint density at radius 1 is 1.11 bits per heavy atom. The van der Waals surface area contributed by atoms with E-state index in [0.29, 0.717) is 17.1 Å². The quantitative estimate of drug-likeness (QED) is 0.547. The molecule has 0 saturated heterocycles. The van der Waals surface area contributed by atoms with E-state index in [9.17, 15) is 14.4 Å². The zero-order chi connectivity index (χ0) is 21.3. The first-order chi connectivity index (χ1) is 12.8. The van der Waals surface area contributed by atoms with Crippen molar-refractivity contribution in [3.8, 4) is 11.5 Å². The minimum absolute atomic E-state index is 0.0237. The number of carbonyl (C=O) groups excluding carboxylic acids is 3. The van der Waals surface area contributed by atoms with Crippen LogP contribution in [0.3, 0.4) is 0 Å². The van der Waals surface area contributed by atoms with Crippen LogP contribution in [0.25, 0.3) is 0 Å². The Bertz CT molecular complexity index is 778. The topological polar surface area (TPSA) is 82.1 Å². The molecule has 7 heteroatoms. The van der Waals surface area contributed by atoms with Crippen molar-refractivity contribution in [2.24, 2.45) is 5.41 Å². The molecule has 0 N–H and O–H groups in total. The molecule has 2 rings (SSSR count). The Morgan fingerprint density at radius 2 is 1.71 bits per heavy atom. The summed E-state index contributed by atoms with van der Waals surface area (Å²) >= 11 is 0. The van der Waals surface area contributed by atoms with Gasteiger partial charge in [-0.05, 0) is 59.7 Å². The van der Waals surface area contributed by atoms with Gasteiger partial charge in [0.15, 0.2) is 17.3 Å². The van der Waals surface area contributed by atoms with Gasteiger partial charge in [-0.2, -0.15) is 0 Å². The number of hydrogen-bond donors (Lipinski definition) is 0. The predicted octanol–water partition coefficient (Wildman–Crippen LogP) is 3.20. The van der Waals surface area contributed by atoms with Crippen molar-refractivity contribution in [2.75, 3.05) is 13.8 Å². The van der Waals surface area contributed by atoms with Crippen LogP contribution in [-0.2, 0) is 14.3 Å². The van der Waals surface area contributed by atoms with Crippen LogP contribution in [0, 0.1) is 5.41 Å². The molecule has 7 nitrogen and oxygen atoms in total. The van der Waals surface area contributed by atoms with Crippen molar-refractivity contribution in [3.05, 3.63) is 23.8 Å². The number of ether oxygens (including phenoxy) is 3. The van der Waals surface area contributed by atoms with Gasteiger partial charge in [0, 0.05) is 12.6 Å². The van der Waals surface area contributed by atoms with Crippen LogP contribution < -0.4 is 9.47 Å². The van der Waals surface area contributed by atoms with E-state index in [1.54, 1.807) is 66.8 Å². The van der Waals surface area contributed by atoms with Gasteiger partial charge >= 0.3 is 5.97 Å². The van der Waals surface area contributed by atoms with Crippen LogP contribution in [0.15, 0.2) is 18.2 Å². The number of esters is 1. The number of benzene rings is 1. The third kappa shape index (κ3) is 5.03. The molecule has 1 amide bonds. The lowest BCUT2D eigenvalue weighted by atomic mass is 9.96. The summed E-state index contributed by atoms with van der Waals surface area (Å²) in [7, 11) is 1.57. The maximum absolute atomic E-state index is 12.8. The SMILES string of the molecule is CC(C(=O)c1ccc2c(c1)OCO2)N(C)C(=O)CC(C)(C)OC(=O)C(C)(C)C. The highest BCUT2D eigenvalue weighted by Gasteiger charge is 2.34. The van der Waals surface area contributed by atoms with Gasteiger partial charge < -0.3 is 19.1 Å². The van der Waals surface area contributed by atoms with Gasteiger partial charge in [-0.3, -0.25) is 14.4 Å². The van der Waals surface area contributed by atoms with E-state index in [2.05, 4.69) is 0 Å². The Labute approximate surface area is 165 Å². The van der Waals surface area contributed by atoms with Crippen LogP contribution >= 0.6 is 0 Å². The highest BCUT2D eigenvalue weighted by molar-refractivity contribution is 6.02. The first-order valence-electron chi connectivity index (χ1n) is 9.25. The molecule has 1 aliphatic heterocycles. The first kappa shape index (κ1) is 21.7. The summed E-state index contributed by atoms with van der Waals surface area (Å²) in [5, 5.41) is 0. The van der Waals surface area contributed by atoms with E-state index < -0.39 is 17.1 Å². The average Bonchev–Trinajstić information content (AvgIpc) is 3.05. The lowest BCUT2D eigenvalue weighted by Gasteiger charge is -2.31. The number of rotatable bonds is 6. The molecule has 28 heavy (non-hydrogen) atoms. The normalized spacial score (nSPS) is 14.4. The smallest absolute Gasteiger partial charge is 0.311 e. The van der Waals surface area contributed by atoms with Crippen molar-refractivity contribution < 1.29 is 28.6 Å². The highest BCUT2D eigenvalue weighted by atomic mass is 16.7. The van der Waals surface area contributed by atoms with Crippen LogP contribution in [0.1, 0.15) is 58.3 Å². The van der Waals surface area contributed by atoms with Crippen LogP contribution in [0.2, 0.25) is 0 Å². The molecule has 0 spiro atoms. The third-order valence-electron chi connectivity index (χ3n) is 4.57. The van der Waals surface area contributed by atoms with Gasteiger partial charge in [-0.25, -0.2) is 0 Å². The molecular weight excluding hydrogens is 362 g/mol. The number of Topliss-reactive ketones (excluding diaryl/α,β-unsaturated/α-hetero) is 1. The van der Waals surface area contributed by atoms with E-state index in [1.807, 2.05) is 0 Å². The molecular formula is C21H29NO6. The molecule has 0 saturated carbocycles. The van der Waals surface area contributed by atoms with Crippen LogP contribution in [0.5, 0.6) is 11.5 Å². The van der Waals surface area contributed by atoms with E-state index >= 15 is 0 Å². The van der Waals surface area contributed by atoms with E-state index in [-0.39, 0.29) is 30.9 Å². The number of likely N-dealkylation sites (N-methyl/N-ethyl adjacent to an activating group) is 1. The number of amides is 1. The fourth-order valence-corrected chi connectivity index (χ4v) is 2.61. The Morgan fingerprint density at radius 3 is 2.32 bits per heavy atom. The maximum Gasteiger partial charge on any atom is 0.311 e. The second-order valence-electron chi connectivity index (χ2n) is 8.69. The fraction of sp³-hybridized carbons (Fsp3) is 0.571. The van der Waals surface area contributed by atoms with Gasteiger partial charge in [0.1, 0.15) is 5.60 Å². The molecule has 0 radical (unpaired) electrons. The summed E-state index contributed by atoms with van der Waals surface area (Å²) in [6.45, 7) is 10.4. The standard InChI is InChI=1S/C21H29NO6/c1-13(18(24)14-8-9-15-16(10-14)27-12-26-15)22(7)17(23)11-21(5,6)28-19(25)20(2,3)4/h8-10,13H,11-12H2,1-7H3. The zero-order valence-electron chi connectivity index (χ0n) is 17.6. The predicted molar refractivity (Wildman–Crippen MR) is 103 cm³/mol. The number of fused-ring (bicyclic) bond motifs is 1. The van der Waals surface area contributed by atoms with E-state index in [1.165, 1.54) is 4.90 Å². The van der Waals surface area contributed by atoms with Crippen molar-refractivity contribution in [1.29, 1.82) is 0 Å². The summed E-state index contributed by atoms with van der Waals surface area (Å²) in [6, 6.07) is 4.27. The van der Waals surface area contributed by atoms with Crippen LogP contribution in [-0.4, -0.2) is 48.0 Å². The lowest BCUT2D eigenvalue weighted by molar-refractivity contribution is -0.168. The van der Waals surface area contributed by atoms with Gasteiger partial charge in [-0.1, -0.05) is 0 Å². The van der Waals surface area contributed by atoms with Gasteiger partial charge in [0.25, 0.3) is 0 Å². The lowest BCUT2D eigenvalue weighted by Crippen LogP contribution is -2.44. The minimum atomic E-state index is -0.975. The summed E-state index contributed by atoms with van der Waals surface area (Å²) < 4.78 is 16.1. The van der Waals surface area contributed by atoms with Crippen molar-refractivity contribution in [3.63, 3.8) is 0 Å². The largest absolute Gasteiger partial charge is 0.459 e. The molecule has 1 aromatic rings. The molecule has 0 aliphatic carbocycles. The molecule has 1 aliphatic rings. The maximum atomic E-state index is 12.8. The molecule has 1 unspecified atom stereocenters. The number of carbonyl (C=O) groups is 3. The van der Waals surface area contributed by atoms with Crippen molar-refractivity contribution in [2.45, 2.75) is 59.6 Å². The first-order valence-corrected chi connectivity index (χ1v) is 9.25. The molecule has 0 bridgehead atoms. The summed E-state index contributed by atoms with van der Waals surface area (Å²) in [4.78, 5) is 39.0. The fourth-order valence-electron chi connectivity index (χ4n) is 2.61. The number of ketones is 1. The second-order valence-corrected chi connectivity index (χ2v) is 8.69. The van der Waals surface area contributed by atoms with Crippen molar-refractivity contribution >= 4 is 17.7 Å². The van der Waals surface area contributed by atoms with E-state index in [0.717, 1.165) is 0 Å². The number of nitrogens with zero attached hydrogens (tertiary/aromatic N) is 1. The van der Waals surface area contributed by atoms with Gasteiger partial charge in [0.05, 0.1) is 17.9 Å². The van der Waals surface area contributed by atoms with E-state index in [4.69, 9.17) is 14.2 Å². The zero-order valence-corrected chi connectivity index (χ0v) is 17.6. The Balaban J connectivity index is 2.03. The van der Waals surface area contributed by atoms with Crippen LogP contribution in [0.4, 0.5) is 0 Å². The molecule has 1 heterocycles. The Kier molecular flexibility index (Phi) is 6.06. The third-order valence-corrected chi connectivity index (χ3v) is 4.57. The number of hydrogen-bond acceptors (Lipinski definition) is 6. The molecule has 1 atom stereocenters. The minimum Gasteiger partial charge on any atom is -0.459 e. The highest BCUT2D eigenvalue weighted by Crippen LogP contribution is 2.33. The average molecular weight is 391 g/mol. The van der Waals surface area contributed by atoms with Gasteiger partial charge in [-0.15, -0.1) is 0 Å². The molecule has 0 fully saturated rings. The monoisotopic (exact) mass is 391 g/mol. The van der Waals surface area contributed by atoms with Crippen molar-refractivity contribution in [1.82, 2.24) is 4.90 Å². The molecule has 0 aromatic heterocycles.